The summed E-state index contributed by atoms with van der Waals surface area (Å²) in [6.45, 7) is 3.35. The summed E-state index contributed by atoms with van der Waals surface area (Å²) in [4.78, 5) is 21.5. The quantitative estimate of drug-likeness (QED) is 0.412. The number of aliphatic hydroxyl groups is 1. The van der Waals surface area contributed by atoms with Crippen LogP contribution in [0.2, 0.25) is 5.02 Å². The van der Waals surface area contributed by atoms with E-state index in [0.717, 1.165) is 11.8 Å². The number of fused-ring (bicyclic) bond motifs is 1. The molecule has 5 rings (SSSR count). The highest BCUT2D eigenvalue weighted by atomic mass is 35.5. The Morgan fingerprint density at radius 3 is 2.78 bits per heavy atom. The van der Waals surface area contributed by atoms with Gasteiger partial charge in [-0.2, -0.15) is 0 Å². The van der Waals surface area contributed by atoms with Crippen molar-refractivity contribution in [2.75, 3.05) is 6.61 Å². The monoisotopic (exact) mass is 511 g/mol. The van der Waals surface area contributed by atoms with Gasteiger partial charge in [-0.15, -0.1) is 0 Å². The Hall–Kier alpha value is -3.82. The fourth-order valence-corrected chi connectivity index (χ4v) is 4.31. The van der Waals surface area contributed by atoms with Crippen LogP contribution in [0.25, 0.3) is 16.9 Å². The normalized spacial score (nSPS) is 14.4. The molecule has 0 fully saturated rings. The summed E-state index contributed by atoms with van der Waals surface area (Å²) in [6.07, 6.45) is 1.81. The average Bonchev–Trinajstić information content (AvgIpc) is 3.23. The number of hydrogen-bond acceptors (Lipinski definition) is 6. The van der Waals surface area contributed by atoms with Crippen molar-refractivity contribution in [1.29, 1.82) is 0 Å². The summed E-state index contributed by atoms with van der Waals surface area (Å²) in [5.41, 5.74) is 3.06. The third kappa shape index (κ3) is 4.20. The molecule has 0 saturated carbocycles. The van der Waals surface area contributed by atoms with Crippen LogP contribution in [0.4, 0.5) is 8.78 Å². The van der Waals surface area contributed by atoms with Crippen LogP contribution in [0.1, 0.15) is 28.6 Å². The van der Waals surface area contributed by atoms with E-state index in [2.05, 4.69) is 9.97 Å². The molecule has 1 aliphatic rings. The van der Waals surface area contributed by atoms with Gasteiger partial charge in [0.2, 0.25) is 0 Å². The topological polar surface area (TPSA) is 86.5 Å². The van der Waals surface area contributed by atoms with E-state index in [1.165, 1.54) is 4.57 Å². The summed E-state index contributed by atoms with van der Waals surface area (Å²) >= 11 is 6.36. The van der Waals surface area contributed by atoms with Gasteiger partial charge in [0.1, 0.15) is 47.4 Å². The lowest BCUT2D eigenvalue weighted by Gasteiger charge is -2.17. The lowest BCUT2D eigenvalue weighted by atomic mass is 10.0. The highest BCUT2D eigenvalue weighted by molar-refractivity contribution is 6.31. The van der Waals surface area contributed by atoms with Crippen molar-refractivity contribution in [2.45, 2.75) is 26.6 Å². The molecule has 1 aromatic carbocycles. The number of ether oxygens (including phenoxy) is 2. The Bertz CT molecular complexity index is 1560. The smallest absolute Gasteiger partial charge is 0.277 e. The van der Waals surface area contributed by atoms with Gasteiger partial charge in [0.25, 0.3) is 5.56 Å². The first-order chi connectivity index (χ1) is 17.2. The number of para-hydroxylation sites is 1. The van der Waals surface area contributed by atoms with Gasteiger partial charge in [-0.3, -0.25) is 19.3 Å². The van der Waals surface area contributed by atoms with Crippen molar-refractivity contribution in [1.82, 2.24) is 14.5 Å². The number of pyridine rings is 3. The number of hydrogen-bond donors (Lipinski definition) is 1. The highest BCUT2D eigenvalue weighted by Gasteiger charge is 2.26. The summed E-state index contributed by atoms with van der Waals surface area (Å²) < 4.78 is 39.7. The predicted molar refractivity (Wildman–Crippen MR) is 129 cm³/mol. The molecule has 4 aromatic rings. The van der Waals surface area contributed by atoms with Crippen molar-refractivity contribution in [2.24, 2.45) is 0 Å². The predicted octanol–water partition coefficient (Wildman–Crippen LogP) is 4.85. The van der Waals surface area contributed by atoms with Crippen molar-refractivity contribution >= 4 is 11.6 Å². The molecule has 1 aliphatic heterocycles. The maximum Gasteiger partial charge on any atom is 0.277 e. The van der Waals surface area contributed by atoms with E-state index in [4.69, 9.17) is 21.1 Å². The number of aliphatic hydroxyl groups excluding tert-OH is 1. The zero-order chi connectivity index (χ0) is 25.6. The molecule has 1 N–H and O–H groups in total. The number of aromatic nitrogens is 3. The Kier molecular flexibility index (Phi) is 6.19. The molecule has 7 nitrogen and oxygen atoms in total. The Morgan fingerprint density at radius 2 is 2.00 bits per heavy atom. The van der Waals surface area contributed by atoms with E-state index in [9.17, 15) is 18.7 Å². The zero-order valence-electron chi connectivity index (χ0n) is 19.3. The first-order valence-electron chi connectivity index (χ1n) is 11.0. The maximum atomic E-state index is 13.9. The standard InChI is InChI=1S/C26H20ClF2N3O4/c1-13-9-30-19(16-4-3-5-17-22(33)12-36-25(16)17)8-21(13)32-14(2)6-23(24(27)26(32)34)35-11-20-18(29)7-15(28)10-31-20/h3-10,22,33H,11-12H2,1-2H3/t22-/m1/s1. The van der Waals surface area contributed by atoms with Crippen LogP contribution in [-0.2, 0) is 6.61 Å². The van der Waals surface area contributed by atoms with E-state index < -0.39 is 23.3 Å². The summed E-state index contributed by atoms with van der Waals surface area (Å²) in [7, 11) is 0. The lowest BCUT2D eigenvalue weighted by Crippen LogP contribution is -2.23. The van der Waals surface area contributed by atoms with Gasteiger partial charge >= 0.3 is 0 Å². The van der Waals surface area contributed by atoms with Gasteiger partial charge in [0.05, 0.1) is 17.6 Å². The molecule has 1 atom stereocenters. The molecule has 0 amide bonds. The number of nitrogens with zero attached hydrogens (tertiary/aromatic N) is 3. The molecule has 0 aliphatic carbocycles. The summed E-state index contributed by atoms with van der Waals surface area (Å²) in [6, 6.07) is 9.46. The van der Waals surface area contributed by atoms with Crippen LogP contribution < -0.4 is 15.0 Å². The molecule has 0 unspecified atom stereocenters. The molecule has 3 aromatic heterocycles. The van der Waals surface area contributed by atoms with E-state index in [1.807, 2.05) is 19.1 Å². The fourth-order valence-electron chi connectivity index (χ4n) is 4.11. The van der Waals surface area contributed by atoms with E-state index in [-0.39, 0.29) is 29.7 Å². The van der Waals surface area contributed by atoms with Crippen molar-refractivity contribution in [3.63, 3.8) is 0 Å². The van der Waals surface area contributed by atoms with E-state index >= 15 is 0 Å². The van der Waals surface area contributed by atoms with Crippen LogP contribution in [-0.4, -0.2) is 26.2 Å². The van der Waals surface area contributed by atoms with Gasteiger partial charge in [-0.25, -0.2) is 8.78 Å². The van der Waals surface area contributed by atoms with Gasteiger partial charge in [-0.1, -0.05) is 23.7 Å². The number of halogens is 3. The van der Waals surface area contributed by atoms with Crippen molar-refractivity contribution in [3.05, 3.63) is 98.3 Å². The van der Waals surface area contributed by atoms with Gasteiger partial charge < -0.3 is 14.6 Å². The third-order valence-electron chi connectivity index (χ3n) is 5.93. The molecule has 0 bridgehead atoms. The molecule has 10 heteroatoms. The summed E-state index contributed by atoms with van der Waals surface area (Å²) in [5, 5.41) is 9.94. The average molecular weight is 512 g/mol. The van der Waals surface area contributed by atoms with Gasteiger partial charge in [-0.05, 0) is 31.5 Å². The second-order valence-electron chi connectivity index (χ2n) is 8.38. The minimum atomic E-state index is -0.861. The second-order valence-corrected chi connectivity index (χ2v) is 8.76. The van der Waals surface area contributed by atoms with Crippen molar-refractivity contribution in [3.8, 4) is 28.4 Å². The molecule has 36 heavy (non-hydrogen) atoms. The van der Waals surface area contributed by atoms with Crippen LogP contribution in [0.15, 0.2) is 53.6 Å². The third-order valence-corrected chi connectivity index (χ3v) is 6.28. The van der Waals surface area contributed by atoms with Crippen molar-refractivity contribution < 1.29 is 23.4 Å². The van der Waals surface area contributed by atoms with Crippen LogP contribution in [0, 0.1) is 25.5 Å². The first kappa shape index (κ1) is 23.9. The molecular formula is C26H20ClF2N3O4. The molecule has 0 spiro atoms. The highest BCUT2D eigenvalue weighted by Crippen LogP contribution is 2.40. The minimum absolute atomic E-state index is 0.0520. The van der Waals surface area contributed by atoms with Crippen LogP contribution >= 0.6 is 11.6 Å². The lowest BCUT2D eigenvalue weighted by molar-refractivity contribution is 0.140. The minimum Gasteiger partial charge on any atom is -0.489 e. The van der Waals surface area contributed by atoms with E-state index in [0.29, 0.717) is 40.0 Å². The largest absolute Gasteiger partial charge is 0.489 e. The van der Waals surface area contributed by atoms with Crippen LogP contribution in [0.3, 0.4) is 0 Å². The Balaban J connectivity index is 1.52. The second kappa shape index (κ2) is 9.33. The zero-order valence-corrected chi connectivity index (χ0v) is 20.0. The van der Waals surface area contributed by atoms with Gasteiger partial charge in [0, 0.05) is 35.2 Å². The van der Waals surface area contributed by atoms with Crippen LogP contribution in [0.5, 0.6) is 11.5 Å². The summed E-state index contributed by atoms with van der Waals surface area (Å²) in [5.74, 6) is -1.06. The molecule has 0 radical (unpaired) electrons. The Labute approximate surface area is 209 Å². The fraction of sp³-hybridized carbons (Fsp3) is 0.192. The first-order valence-corrected chi connectivity index (χ1v) is 11.4. The van der Waals surface area contributed by atoms with E-state index in [1.54, 1.807) is 31.3 Å². The number of benzene rings is 1. The molecular weight excluding hydrogens is 492 g/mol. The molecule has 0 saturated heterocycles. The maximum absolute atomic E-state index is 13.9. The molecule has 4 heterocycles. The number of rotatable bonds is 5. The SMILES string of the molecule is Cc1cnc(-c2cccc3c2OC[C@H]3O)cc1-n1c(C)cc(OCc2ncc(F)cc2F)c(Cl)c1=O. The number of aryl methyl sites for hydroxylation is 2. The van der Waals surface area contributed by atoms with Gasteiger partial charge in [0.15, 0.2) is 5.82 Å². The molecule has 184 valence electrons. The Morgan fingerprint density at radius 1 is 1.19 bits per heavy atom.